The van der Waals surface area contributed by atoms with Crippen molar-refractivity contribution in [2.45, 2.75) is 52.2 Å². The maximum absolute atomic E-state index is 11.9. The first-order valence-electron chi connectivity index (χ1n) is 9.13. The van der Waals surface area contributed by atoms with Crippen LogP contribution in [-0.4, -0.2) is 60.3 Å². The molecule has 0 bridgehead atoms. The molecule has 144 valence electrons. The van der Waals surface area contributed by atoms with E-state index in [2.05, 4.69) is 38.5 Å². The number of rotatable bonds is 4. The minimum absolute atomic E-state index is 0.0749. The van der Waals surface area contributed by atoms with Crippen molar-refractivity contribution in [2.75, 3.05) is 26.7 Å². The van der Waals surface area contributed by atoms with Gasteiger partial charge in [0.05, 0.1) is 6.04 Å². The van der Waals surface area contributed by atoms with E-state index in [-0.39, 0.29) is 12.1 Å². The van der Waals surface area contributed by atoms with Crippen LogP contribution in [0.2, 0.25) is 0 Å². The highest BCUT2D eigenvalue weighted by Crippen LogP contribution is 2.12. The molecule has 7 heteroatoms. The number of carbonyl (C=O) groups is 1. The number of nitrogens with zero attached hydrogens (tertiary/aromatic N) is 3. The van der Waals surface area contributed by atoms with Crippen LogP contribution in [0.5, 0.6) is 0 Å². The standard InChI is InChI=1S/C19H31N5O2/c1-14-12-21-9-6-15(14)7-10-22-17(20-5)24-11-8-16(13-24)23-18(25)26-19(2,3)4/h6,9,12,16H,7-8,10-11,13H2,1-5H3,(H,20,22)(H,23,25). The lowest BCUT2D eigenvalue weighted by molar-refractivity contribution is 0.0507. The number of carbonyl (C=O) groups excluding carboxylic acids is 1. The number of nitrogens with one attached hydrogen (secondary N) is 2. The lowest BCUT2D eigenvalue weighted by Crippen LogP contribution is -2.44. The highest BCUT2D eigenvalue weighted by atomic mass is 16.6. The zero-order valence-corrected chi connectivity index (χ0v) is 16.5. The number of hydrogen-bond donors (Lipinski definition) is 2. The normalized spacial score (nSPS) is 18.0. The number of likely N-dealkylation sites (tertiary alicyclic amines) is 1. The van der Waals surface area contributed by atoms with Gasteiger partial charge in [-0.05, 0) is 57.7 Å². The molecule has 1 aliphatic heterocycles. The molecule has 1 amide bonds. The summed E-state index contributed by atoms with van der Waals surface area (Å²) in [6.07, 6.45) is 5.15. The van der Waals surface area contributed by atoms with E-state index in [1.54, 1.807) is 7.05 Å². The minimum Gasteiger partial charge on any atom is -0.444 e. The van der Waals surface area contributed by atoms with Crippen molar-refractivity contribution in [1.82, 2.24) is 20.5 Å². The average molecular weight is 361 g/mol. The van der Waals surface area contributed by atoms with Crippen LogP contribution in [0, 0.1) is 6.92 Å². The fraction of sp³-hybridized carbons (Fsp3) is 0.632. The summed E-state index contributed by atoms with van der Waals surface area (Å²) in [5.41, 5.74) is 2.01. The van der Waals surface area contributed by atoms with E-state index in [1.165, 1.54) is 11.1 Å². The molecule has 0 aliphatic carbocycles. The molecule has 1 unspecified atom stereocenters. The van der Waals surface area contributed by atoms with Gasteiger partial charge in [0.1, 0.15) is 5.60 Å². The van der Waals surface area contributed by atoms with E-state index in [9.17, 15) is 4.79 Å². The predicted molar refractivity (Wildman–Crippen MR) is 103 cm³/mol. The molecule has 26 heavy (non-hydrogen) atoms. The number of ether oxygens (including phenoxy) is 1. The minimum atomic E-state index is -0.481. The lowest BCUT2D eigenvalue weighted by Gasteiger charge is -2.23. The average Bonchev–Trinajstić information content (AvgIpc) is 2.99. The zero-order chi connectivity index (χ0) is 19.2. The van der Waals surface area contributed by atoms with Gasteiger partial charge in [-0.2, -0.15) is 0 Å². The first-order valence-corrected chi connectivity index (χ1v) is 9.13. The van der Waals surface area contributed by atoms with Gasteiger partial charge in [-0.25, -0.2) is 4.79 Å². The van der Waals surface area contributed by atoms with Crippen molar-refractivity contribution in [3.8, 4) is 0 Å². The van der Waals surface area contributed by atoms with E-state index < -0.39 is 5.60 Å². The molecule has 2 heterocycles. The number of aryl methyl sites for hydroxylation is 1. The molecule has 0 spiro atoms. The second-order valence-corrected chi connectivity index (χ2v) is 7.60. The van der Waals surface area contributed by atoms with E-state index in [0.29, 0.717) is 0 Å². The fourth-order valence-electron chi connectivity index (χ4n) is 2.97. The Morgan fingerprint density at radius 3 is 2.88 bits per heavy atom. The summed E-state index contributed by atoms with van der Waals surface area (Å²) in [5.74, 6) is 0.866. The summed E-state index contributed by atoms with van der Waals surface area (Å²) in [6.45, 7) is 10.1. The highest BCUT2D eigenvalue weighted by Gasteiger charge is 2.27. The number of guanidine groups is 1. The molecular formula is C19H31N5O2. The maximum Gasteiger partial charge on any atom is 0.407 e. The van der Waals surface area contributed by atoms with Gasteiger partial charge in [0.2, 0.25) is 0 Å². The maximum atomic E-state index is 11.9. The first kappa shape index (κ1) is 20.0. The Hall–Kier alpha value is -2.31. The SMILES string of the molecule is CN=C(NCCc1ccncc1C)N1CCC(NC(=O)OC(C)(C)C)C1. The molecule has 1 saturated heterocycles. The molecule has 1 fully saturated rings. The molecule has 1 aliphatic rings. The van der Waals surface area contributed by atoms with Crippen molar-refractivity contribution in [3.05, 3.63) is 29.6 Å². The molecule has 1 atom stereocenters. The number of alkyl carbamates (subject to hydrolysis) is 1. The van der Waals surface area contributed by atoms with Crippen molar-refractivity contribution in [3.63, 3.8) is 0 Å². The van der Waals surface area contributed by atoms with Crippen LogP contribution >= 0.6 is 0 Å². The van der Waals surface area contributed by atoms with E-state index >= 15 is 0 Å². The quantitative estimate of drug-likeness (QED) is 0.634. The Bertz CT molecular complexity index is 639. The van der Waals surface area contributed by atoms with Crippen molar-refractivity contribution < 1.29 is 9.53 Å². The molecule has 2 rings (SSSR count). The van der Waals surface area contributed by atoms with Crippen molar-refractivity contribution in [1.29, 1.82) is 0 Å². The second kappa shape index (κ2) is 8.87. The number of hydrogen-bond acceptors (Lipinski definition) is 4. The monoisotopic (exact) mass is 361 g/mol. The van der Waals surface area contributed by atoms with Crippen LogP contribution in [0.15, 0.2) is 23.5 Å². The number of amides is 1. The summed E-state index contributed by atoms with van der Waals surface area (Å²) in [5, 5.41) is 6.35. The summed E-state index contributed by atoms with van der Waals surface area (Å²) in [7, 11) is 1.79. The lowest BCUT2D eigenvalue weighted by atomic mass is 10.1. The van der Waals surface area contributed by atoms with Crippen molar-refractivity contribution in [2.24, 2.45) is 4.99 Å². The van der Waals surface area contributed by atoms with E-state index in [0.717, 1.165) is 38.4 Å². The third kappa shape index (κ3) is 6.20. The third-order valence-electron chi connectivity index (χ3n) is 4.23. The van der Waals surface area contributed by atoms with Gasteiger partial charge in [0.15, 0.2) is 5.96 Å². The van der Waals surface area contributed by atoms with Gasteiger partial charge in [-0.3, -0.25) is 9.98 Å². The largest absolute Gasteiger partial charge is 0.444 e. The summed E-state index contributed by atoms with van der Waals surface area (Å²) < 4.78 is 5.33. The van der Waals surface area contributed by atoms with Gasteiger partial charge in [0, 0.05) is 39.1 Å². The van der Waals surface area contributed by atoms with Gasteiger partial charge in [-0.1, -0.05) is 0 Å². The summed E-state index contributed by atoms with van der Waals surface area (Å²) in [4.78, 5) is 22.6. The molecule has 2 N–H and O–H groups in total. The first-order chi connectivity index (χ1) is 12.3. The molecular weight excluding hydrogens is 330 g/mol. The van der Waals surface area contributed by atoms with Crippen LogP contribution in [0.4, 0.5) is 4.79 Å². The molecule has 1 aromatic heterocycles. The molecule has 0 radical (unpaired) electrons. The van der Waals surface area contributed by atoms with Gasteiger partial charge in [-0.15, -0.1) is 0 Å². The Morgan fingerprint density at radius 2 is 2.23 bits per heavy atom. The van der Waals surface area contributed by atoms with Crippen LogP contribution in [0.3, 0.4) is 0 Å². The second-order valence-electron chi connectivity index (χ2n) is 7.60. The predicted octanol–water partition coefficient (Wildman–Crippen LogP) is 2.11. The Kier molecular flexibility index (Phi) is 6.83. The highest BCUT2D eigenvalue weighted by molar-refractivity contribution is 5.80. The Morgan fingerprint density at radius 1 is 1.46 bits per heavy atom. The smallest absolute Gasteiger partial charge is 0.407 e. The molecule has 1 aromatic rings. The Labute approximate surface area is 156 Å². The van der Waals surface area contributed by atoms with E-state index in [4.69, 9.17) is 4.74 Å². The summed E-state index contributed by atoms with van der Waals surface area (Å²) >= 11 is 0. The third-order valence-corrected chi connectivity index (χ3v) is 4.23. The number of aromatic nitrogens is 1. The number of pyridine rings is 1. The zero-order valence-electron chi connectivity index (χ0n) is 16.5. The van der Waals surface area contributed by atoms with Crippen LogP contribution in [0.25, 0.3) is 0 Å². The Balaban J connectivity index is 1.78. The van der Waals surface area contributed by atoms with Gasteiger partial charge >= 0.3 is 6.09 Å². The van der Waals surface area contributed by atoms with Crippen LogP contribution < -0.4 is 10.6 Å². The topological polar surface area (TPSA) is 78.9 Å². The molecule has 7 nitrogen and oxygen atoms in total. The summed E-state index contributed by atoms with van der Waals surface area (Å²) in [6, 6.07) is 2.13. The number of aliphatic imine (C=N–C) groups is 1. The van der Waals surface area contributed by atoms with Gasteiger partial charge < -0.3 is 20.3 Å². The fourth-order valence-corrected chi connectivity index (χ4v) is 2.97. The van der Waals surface area contributed by atoms with Crippen LogP contribution in [-0.2, 0) is 11.2 Å². The van der Waals surface area contributed by atoms with Gasteiger partial charge in [0.25, 0.3) is 0 Å². The molecule has 0 aromatic carbocycles. The van der Waals surface area contributed by atoms with Crippen molar-refractivity contribution >= 4 is 12.1 Å². The molecule has 0 saturated carbocycles. The van der Waals surface area contributed by atoms with Crippen LogP contribution in [0.1, 0.15) is 38.3 Å². The van der Waals surface area contributed by atoms with E-state index in [1.807, 2.05) is 33.2 Å².